The summed E-state index contributed by atoms with van der Waals surface area (Å²) in [7, 11) is 5.43. The van der Waals surface area contributed by atoms with Gasteiger partial charge < -0.3 is 9.64 Å². The molecule has 1 unspecified atom stereocenters. The van der Waals surface area contributed by atoms with E-state index in [1.54, 1.807) is 6.07 Å². The number of benzene rings is 1. The van der Waals surface area contributed by atoms with Crippen LogP contribution in [-0.2, 0) is 0 Å². The number of ether oxygens (including phenoxy) is 1. The van der Waals surface area contributed by atoms with Crippen LogP contribution in [0, 0.1) is 5.82 Å². The van der Waals surface area contributed by atoms with Gasteiger partial charge >= 0.3 is 0 Å². The van der Waals surface area contributed by atoms with Crippen molar-refractivity contribution in [2.75, 3.05) is 27.0 Å². The number of rotatable bonds is 5. The van der Waals surface area contributed by atoms with Crippen LogP contribution in [0.15, 0.2) is 18.2 Å². The van der Waals surface area contributed by atoms with Crippen LogP contribution in [0.5, 0.6) is 5.75 Å². The first-order valence-corrected chi connectivity index (χ1v) is 5.84. The minimum Gasteiger partial charge on any atom is -0.494 e. The van der Waals surface area contributed by atoms with E-state index in [9.17, 15) is 4.39 Å². The Labute approximate surface area is 102 Å². The van der Waals surface area contributed by atoms with Gasteiger partial charge in [-0.15, -0.1) is 0 Å². The van der Waals surface area contributed by atoms with Crippen molar-refractivity contribution in [3.63, 3.8) is 0 Å². The third-order valence-corrected chi connectivity index (χ3v) is 2.84. The third kappa shape index (κ3) is 3.12. The zero-order valence-electron chi connectivity index (χ0n) is 9.90. The highest BCUT2D eigenvalue weighted by Crippen LogP contribution is 2.26. The molecule has 0 aliphatic heterocycles. The monoisotopic (exact) mass is 243 g/mol. The standard InChI is InChI=1S/C12H18FNOS/c1-14(2)11(6-7-16)9-4-5-12(15-3)10(13)8-9/h4-5,8,11,16H,6-7H2,1-3H3. The van der Waals surface area contributed by atoms with E-state index in [1.165, 1.54) is 13.2 Å². The Bertz CT molecular complexity index is 344. The van der Waals surface area contributed by atoms with Crippen LogP contribution in [0.4, 0.5) is 4.39 Å². The number of hydrogen-bond donors (Lipinski definition) is 1. The van der Waals surface area contributed by atoms with Crippen LogP contribution in [0.3, 0.4) is 0 Å². The first kappa shape index (κ1) is 13.3. The normalized spacial score (nSPS) is 12.9. The quantitative estimate of drug-likeness (QED) is 0.798. The average Bonchev–Trinajstić information content (AvgIpc) is 2.25. The van der Waals surface area contributed by atoms with Gasteiger partial charge in [0.2, 0.25) is 0 Å². The lowest BCUT2D eigenvalue weighted by molar-refractivity contribution is 0.292. The lowest BCUT2D eigenvalue weighted by Crippen LogP contribution is -2.20. The van der Waals surface area contributed by atoms with Crippen LogP contribution in [0.25, 0.3) is 0 Å². The van der Waals surface area contributed by atoms with Crippen molar-refractivity contribution in [2.45, 2.75) is 12.5 Å². The Morgan fingerprint density at radius 1 is 1.44 bits per heavy atom. The molecule has 0 saturated heterocycles. The van der Waals surface area contributed by atoms with Gasteiger partial charge in [0, 0.05) is 6.04 Å². The molecule has 0 fully saturated rings. The second kappa shape index (κ2) is 6.11. The molecule has 0 aliphatic rings. The molecule has 0 radical (unpaired) electrons. The molecule has 4 heteroatoms. The first-order chi connectivity index (χ1) is 7.60. The molecule has 1 atom stereocenters. The minimum atomic E-state index is -0.314. The Hall–Kier alpha value is -0.740. The molecule has 0 aromatic heterocycles. The summed E-state index contributed by atoms with van der Waals surface area (Å²) in [6, 6.07) is 5.29. The highest BCUT2D eigenvalue weighted by atomic mass is 32.1. The van der Waals surface area contributed by atoms with Crippen LogP contribution in [-0.4, -0.2) is 31.9 Å². The fraction of sp³-hybridized carbons (Fsp3) is 0.500. The van der Waals surface area contributed by atoms with Gasteiger partial charge in [-0.05, 0) is 44.0 Å². The summed E-state index contributed by atoms with van der Waals surface area (Å²) in [5.41, 5.74) is 0.956. The molecule has 0 saturated carbocycles. The van der Waals surface area contributed by atoms with Crippen molar-refractivity contribution < 1.29 is 9.13 Å². The molecule has 0 heterocycles. The molecular weight excluding hydrogens is 225 g/mol. The van der Waals surface area contributed by atoms with E-state index in [0.29, 0.717) is 0 Å². The van der Waals surface area contributed by atoms with E-state index >= 15 is 0 Å². The van der Waals surface area contributed by atoms with Gasteiger partial charge in [-0.1, -0.05) is 6.07 Å². The molecule has 0 N–H and O–H groups in total. The molecule has 2 nitrogen and oxygen atoms in total. The molecule has 0 spiro atoms. The second-order valence-electron chi connectivity index (χ2n) is 3.89. The Kier molecular flexibility index (Phi) is 5.09. The number of nitrogens with zero attached hydrogens (tertiary/aromatic N) is 1. The lowest BCUT2D eigenvalue weighted by atomic mass is 10.0. The first-order valence-electron chi connectivity index (χ1n) is 5.21. The molecule has 1 aromatic rings. The summed E-state index contributed by atoms with van der Waals surface area (Å²) < 4.78 is 18.4. The third-order valence-electron chi connectivity index (χ3n) is 2.59. The van der Waals surface area contributed by atoms with Crippen molar-refractivity contribution in [3.8, 4) is 5.75 Å². The van der Waals surface area contributed by atoms with Gasteiger partial charge in [0.15, 0.2) is 11.6 Å². The Morgan fingerprint density at radius 3 is 2.56 bits per heavy atom. The topological polar surface area (TPSA) is 12.5 Å². The van der Waals surface area contributed by atoms with E-state index in [2.05, 4.69) is 17.5 Å². The van der Waals surface area contributed by atoms with Gasteiger partial charge in [-0.2, -0.15) is 12.6 Å². The van der Waals surface area contributed by atoms with Gasteiger partial charge in [0.25, 0.3) is 0 Å². The van der Waals surface area contributed by atoms with Crippen LogP contribution in [0.1, 0.15) is 18.0 Å². The van der Waals surface area contributed by atoms with Crippen LogP contribution >= 0.6 is 12.6 Å². The smallest absolute Gasteiger partial charge is 0.165 e. The van der Waals surface area contributed by atoms with Crippen molar-refractivity contribution in [1.29, 1.82) is 0 Å². The van der Waals surface area contributed by atoms with E-state index in [-0.39, 0.29) is 17.6 Å². The maximum atomic E-state index is 13.6. The summed E-state index contributed by atoms with van der Waals surface area (Å²) in [5, 5.41) is 0. The van der Waals surface area contributed by atoms with Crippen molar-refractivity contribution in [3.05, 3.63) is 29.6 Å². The zero-order chi connectivity index (χ0) is 12.1. The molecule has 90 valence electrons. The maximum Gasteiger partial charge on any atom is 0.165 e. The fourth-order valence-corrected chi connectivity index (χ4v) is 1.98. The van der Waals surface area contributed by atoms with Gasteiger partial charge in [0.05, 0.1) is 7.11 Å². The Morgan fingerprint density at radius 2 is 2.12 bits per heavy atom. The van der Waals surface area contributed by atoms with Crippen molar-refractivity contribution in [2.24, 2.45) is 0 Å². The van der Waals surface area contributed by atoms with Gasteiger partial charge in [0.1, 0.15) is 0 Å². The predicted molar refractivity (Wildman–Crippen MR) is 67.9 cm³/mol. The maximum absolute atomic E-state index is 13.6. The zero-order valence-corrected chi connectivity index (χ0v) is 10.8. The van der Waals surface area contributed by atoms with E-state index < -0.39 is 0 Å². The summed E-state index contributed by atoms with van der Waals surface area (Å²) in [6.45, 7) is 0. The summed E-state index contributed by atoms with van der Waals surface area (Å²) in [4.78, 5) is 2.07. The highest BCUT2D eigenvalue weighted by Gasteiger charge is 2.15. The average molecular weight is 243 g/mol. The summed E-state index contributed by atoms with van der Waals surface area (Å²) in [5.74, 6) is 0.745. The molecule has 0 amide bonds. The number of halogens is 1. The number of methoxy groups -OCH3 is 1. The highest BCUT2D eigenvalue weighted by molar-refractivity contribution is 7.80. The summed E-state index contributed by atoms with van der Waals surface area (Å²) in [6.07, 6.45) is 0.891. The molecule has 0 bridgehead atoms. The van der Waals surface area contributed by atoms with E-state index in [0.717, 1.165) is 17.7 Å². The second-order valence-corrected chi connectivity index (χ2v) is 4.33. The predicted octanol–water partition coefficient (Wildman–Crippen LogP) is 2.76. The SMILES string of the molecule is COc1ccc(C(CCS)N(C)C)cc1F. The molecule has 0 aliphatic carbocycles. The molecule has 16 heavy (non-hydrogen) atoms. The summed E-state index contributed by atoms with van der Waals surface area (Å²) >= 11 is 4.22. The van der Waals surface area contributed by atoms with Crippen molar-refractivity contribution in [1.82, 2.24) is 4.90 Å². The van der Waals surface area contributed by atoms with E-state index in [1.807, 2.05) is 20.2 Å². The van der Waals surface area contributed by atoms with E-state index in [4.69, 9.17) is 4.74 Å². The Balaban J connectivity index is 2.97. The van der Waals surface area contributed by atoms with Gasteiger partial charge in [-0.25, -0.2) is 4.39 Å². The van der Waals surface area contributed by atoms with Crippen molar-refractivity contribution >= 4 is 12.6 Å². The lowest BCUT2D eigenvalue weighted by Gasteiger charge is -2.24. The fourth-order valence-electron chi connectivity index (χ4n) is 1.74. The number of hydrogen-bond acceptors (Lipinski definition) is 3. The minimum absolute atomic E-state index is 0.193. The van der Waals surface area contributed by atoms with Crippen LogP contribution in [0.2, 0.25) is 0 Å². The van der Waals surface area contributed by atoms with Crippen LogP contribution < -0.4 is 4.74 Å². The van der Waals surface area contributed by atoms with Gasteiger partial charge in [-0.3, -0.25) is 0 Å². The molecule has 1 aromatic carbocycles. The molecule has 1 rings (SSSR count). The number of thiol groups is 1. The largest absolute Gasteiger partial charge is 0.494 e. The molecular formula is C12H18FNOS.